The van der Waals surface area contributed by atoms with Crippen LogP contribution < -0.4 is 0 Å². The zero-order valence-corrected chi connectivity index (χ0v) is 8.51. The molecule has 1 aromatic rings. The van der Waals surface area contributed by atoms with Crippen LogP contribution in [0.5, 0.6) is 0 Å². The Morgan fingerprint density at radius 2 is 1.93 bits per heavy atom. The SMILES string of the molecule is C1=CCC=C(N=Cc2ccccc2)C=C1. The summed E-state index contributed by atoms with van der Waals surface area (Å²) in [6, 6.07) is 10.1. The van der Waals surface area contributed by atoms with Crippen LogP contribution in [0.25, 0.3) is 0 Å². The molecular formula is C14H13N. The lowest BCUT2D eigenvalue weighted by Gasteiger charge is -1.93. The van der Waals surface area contributed by atoms with Crippen LogP contribution in [-0.4, -0.2) is 6.21 Å². The maximum Gasteiger partial charge on any atom is 0.0593 e. The van der Waals surface area contributed by atoms with Gasteiger partial charge in [-0.25, -0.2) is 0 Å². The molecule has 0 N–H and O–H groups in total. The van der Waals surface area contributed by atoms with E-state index in [1.54, 1.807) is 0 Å². The van der Waals surface area contributed by atoms with Crippen molar-refractivity contribution in [2.45, 2.75) is 6.42 Å². The summed E-state index contributed by atoms with van der Waals surface area (Å²) in [5, 5.41) is 0. The lowest BCUT2D eigenvalue weighted by molar-refractivity contribution is 1.31. The van der Waals surface area contributed by atoms with Gasteiger partial charge < -0.3 is 0 Å². The van der Waals surface area contributed by atoms with Crippen LogP contribution in [0.1, 0.15) is 12.0 Å². The fourth-order valence-electron chi connectivity index (χ4n) is 1.35. The summed E-state index contributed by atoms with van der Waals surface area (Å²) in [6.07, 6.45) is 13.1. The molecule has 0 bridgehead atoms. The summed E-state index contributed by atoms with van der Waals surface area (Å²) in [7, 11) is 0. The minimum atomic E-state index is 0.953. The van der Waals surface area contributed by atoms with Gasteiger partial charge in [-0.1, -0.05) is 54.6 Å². The van der Waals surface area contributed by atoms with Gasteiger partial charge in [-0.05, 0) is 18.1 Å². The van der Waals surface area contributed by atoms with E-state index in [1.807, 2.05) is 54.8 Å². The van der Waals surface area contributed by atoms with Crippen molar-refractivity contribution in [2.75, 3.05) is 0 Å². The highest BCUT2D eigenvalue weighted by Gasteiger charge is 1.89. The molecule has 0 heterocycles. The highest BCUT2D eigenvalue weighted by molar-refractivity contribution is 5.80. The monoisotopic (exact) mass is 195 g/mol. The molecule has 2 rings (SSSR count). The summed E-state index contributed by atoms with van der Waals surface area (Å²) in [5.41, 5.74) is 2.15. The second kappa shape index (κ2) is 5.11. The highest BCUT2D eigenvalue weighted by atomic mass is 14.7. The van der Waals surface area contributed by atoms with Crippen molar-refractivity contribution in [1.29, 1.82) is 0 Å². The number of hydrogen-bond donors (Lipinski definition) is 0. The van der Waals surface area contributed by atoms with E-state index in [4.69, 9.17) is 0 Å². The van der Waals surface area contributed by atoms with E-state index < -0.39 is 0 Å². The van der Waals surface area contributed by atoms with E-state index >= 15 is 0 Å². The molecule has 0 unspecified atom stereocenters. The molecule has 0 atom stereocenters. The van der Waals surface area contributed by atoms with Gasteiger partial charge in [0, 0.05) is 6.21 Å². The van der Waals surface area contributed by atoms with Gasteiger partial charge in [0.15, 0.2) is 0 Å². The van der Waals surface area contributed by atoms with Crippen LogP contribution in [0, 0.1) is 0 Å². The molecule has 1 aliphatic rings. The third kappa shape index (κ3) is 3.06. The Bertz CT molecular complexity index is 422. The van der Waals surface area contributed by atoms with Crippen molar-refractivity contribution in [3.05, 3.63) is 72.0 Å². The average Bonchev–Trinajstić information content (AvgIpc) is 2.56. The molecule has 1 aromatic carbocycles. The first kappa shape index (κ1) is 9.66. The van der Waals surface area contributed by atoms with Crippen molar-refractivity contribution in [3.63, 3.8) is 0 Å². The Kier molecular flexibility index (Phi) is 3.29. The number of nitrogens with zero attached hydrogens (tertiary/aromatic N) is 1. The van der Waals surface area contributed by atoms with Gasteiger partial charge in [0.25, 0.3) is 0 Å². The molecule has 0 fully saturated rings. The Labute approximate surface area is 90.2 Å². The van der Waals surface area contributed by atoms with Crippen molar-refractivity contribution in [3.8, 4) is 0 Å². The van der Waals surface area contributed by atoms with Gasteiger partial charge in [0.1, 0.15) is 0 Å². The second-order valence-electron chi connectivity index (χ2n) is 3.32. The number of hydrogen-bond acceptors (Lipinski definition) is 1. The van der Waals surface area contributed by atoms with Crippen LogP contribution in [0.2, 0.25) is 0 Å². The molecule has 0 saturated carbocycles. The third-order valence-corrected chi connectivity index (χ3v) is 2.14. The molecule has 0 saturated heterocycles. The predicted molar refractivity (Wildman–Crippen MR) is 65.0 cm³/mol. The summed E-state index contributed by atoms with van der Waals surface area (Å²) in [6.45, 7) is 0. The molecule has 15 heavy (non-hydrogen) atoms. The number of benzene rings is 1. The zero-order chi connectivity index (χ0) is 10.3. The van der Waals surface area contributed by atoms with Crippen LogP contribution in [0.4, 0.5) is 0 Å². The Balaban J connectivity index is 2.09. The summed E-state index contributed by atoms with van der Waals surface area (Å²) < 4.78 is 0. The Morgan fingerprint density at radius 3 is 2.80 bits per heavy atom. The summed E-state index contributed by atoms with van der Waals surface area (Å²) in [4.78, 5) is 4.42. The molecule has 74 valence electrons. The molecule has 0 aromatic heterocycles. The lowest BCUT2D eigenvalue weighted by Crippen LogP contribution is -1.80. The van der Waals surface area contributed by atoms with Gasteiger partial charge in [-0.15, -0.1) is 0 Å². The van der Waals surface area contributed by atoms with Crippen LogP contribution in [-0.2, 0) is 0 Å². The quantitative estimate of drug-likeness (QED) is 0.640. The minimum absolute atomic E-state index is 0.953. The van der Waals surface area contributed by atoms with E-state index in [0.29, 0.717) is 0 Å². The van der Waals surface area contributed by atoms with Crippen LogP contribution in [0.15, 0.2) is 71.4 Å². The van der Waals surface area contributed by atoms with Gasteiger partial charge in [-0.3, -0.25) is 4.99 Å². The van der Waals surface area contributed by atoms with Crippen LogP contribution in [0.3, 0.4) is 0 Å². The average molecular weight is 195 g/mol. The largest absolute Gasteiger partial charge is 0.257 e. The van der Waals surface area contributed by atoms with Crippen molar-refractivity contribution < 1.29 is 0 Å². The van der Waals surface area contributed by atoms with E-state index in [2.05, 4.69) is 17.1 Å². The van der Waals surface area contributed by atoms with Gasteiger partial charge in [-0.2, -0.15) is 0 Å². The highest BCUT2D eigenvalue weighted by Crippen LogP contribution is 2.06. The van der Waals surface area contributed by atoms with Crippen molar-refractivity contribution in [2.24, 2.45) is 4.99 Å². The summed E-state index contributed by atoms with van der Waals surface area (Å²) in [5.74, 6) is 0. The van der Waals surface area contributed by atoms with Gasteiger partial charge >= 0.3 is 0 Å². The molecule has 0 spiro atoms. The van der Waals surface area contributed by atoms with E-state index in [1.165, 1.54) is 0 Å². The first-order chi connectivity index (χ1) is 7.45. The minimum Gasteiger partial charge on any atom is -0.257 e. The normalized spacial score (nSPS) is 15.3. The first-order valence-corrected chi connectivity index (χ1v) is 5.08. The maximum absolute atomic E-state index is 4.42. The standard InChI is InChI=1S/C14H13N/c1-2-7-11-14(10-6-1)15-12-13-8-4-3-5-9-13/h1-6,8-12H,7H2. The van der Waals surface area contributed by atoms with E-state index in [0.717, 1.165) is 17.7 Å². The molecule has 1 aliphatic carbocycles. The summed E-state index contributed by atoms with van der Waals surface area (Å²) >= 11 is 0. The second-order valence-corrected chi connectivity index (χ2v) is 3.32. The molecule has 0 aliphatic heterocycles. The van der Waals surface area contributed by atoms with Gasteiger partial charge in [0.2, 0.25) is 0 Å². The van der Waals surface area contributed by atoms with Crippen LogP contribution >= 0.6 is 0 Å². The van der Waals surface area contributed by atoms with Crippen molar-refractivity contribution in [1.82, 2.24) is 0 Å². The Morgan fingerprint density at radius 1 is 1.07 bits per heavy atom. The molecule has 0 amide bonds. The molecular weight excluding hydrogens is 182 g/mol. The smallest absolute Gasteiger partial charge is 0.0593 e. The van der Waals surface area contributed by atoms with E-state index in [-0.39, 0.29) is 0 Å². The predicted octanol–water partition coefficient (Wildman–Crippen LogP) is 3.51. The number of rotatable bonds is 2. The fourth-order valence-corrected chi connectivity index (χ4v) is 1.35. The lowest BCUT2D eigenvalue weighted by atomic mass is 10.2. The maximum atomic E-state index is 4.42. The first-order valence-electron chi connectivity index (χ1n) is 5.08. The Hall–Kier alpha value is -1.89. The fraction of sp³-hybridized carbons (Fsp3) is 0.0714. The third-order valence-electron chi connectivity index (χ3n) is 2.14. The number of aliphatic imine (C=N–C) groups is 1. The van der Waals surface area contributed by atoms with Gasteiger partial charge in [0.05, 0.1) is 5.70 Å². The van der Waals surface area contributed by atoms with Crippen molar-refractivity contribution >= 4 is 6.21 Å². The molecule has 0 radical (unpaired) electrons. The topological polar surface area (TPSA) is 12.4 Å². The molecule has 1 nitrogen and oxygen atoms in total. The van der Waals surface area contributed by atoms with E-state index in [9.17, 15) is 0 Å². The zero-order valence-electron chi connectivity index (χ0n) is 8.51. The molecule has 1 heteroatoms. The number of allylic oxidation sites excluding steroid dienone is 5.